The number of anilines is 2. The van der Waals surface area contributed by atoms with Crippen molar-refractivity contribution < 1.29 is 14.3 Å². The van der Waals surface area contributed by atoms with Crippen molar-refractivity contribution in [2.24, 2.45) is 0 Å². The third kappa shape index (κ3) is 3.88. The van der Waals surface area contributed by atoms with Gasteiger partial charge in [0.1, 0.15) is 5.82 Å². The summed E-state index contributed by atoms with van der Waals surface area (Å²) in [6.45, 7) is 0.802. The number of hydrogen-bond donors (Lipinski definition) is 2. The minimum atomic E-state index is -0.403. The topological polar surface area (TPSA) is 68.7 Å². The van der Waals surface area contributed by atoms with Gasteiger partial charge >= 0.3 is 6.03 Å². The maximum absolute atomic E-state index is 13.3. The lowest BCUT2D eigenvalue weighted by Gasteiger charge is -2.35. The predicted octanol–water partition coefficient (Wildman–Crippen LogP) is 2.46. The Morgan fingerprint density at radius 3 is 3.00 bits per heavy atom. The van der Waals surface area contributed by atoms with Gasteiger partial charge in [-0.1, -0.05) is 6.07 Å². The summed E-state index contributed by atoms with van der Waals surface area (Å²) in [5, 5.41) is 12.4. The molecule has 2 amide bonds. The molecule has 25 heavy (non-hydrogen) atoms. The van der Waals surface area contributed by atoms with Crippen LogP contribution in [-0.2, 0) is 6.54 Å². The normalized spacial score (nSPS) is 17.5. The van der Waals surface area contributed by atoms with Gasteiger partial charge in [-0.15, -0.1) is 0 Å². The van der Waals surface area contributed by atoms with Crippen molar-refractivity contribution in [1.29, 1.82) is 0 Å². The highest BCUT2D eigenvalue weighted by atomic mass is 19.1. The summed E-state index contributed by atoms with van der Waals surface area (Å²) < 4.78 is 13.3. The van der Waals surface area contributed by atoms with Crippen LogP contribution >= 0.6 is 0 Å². The van der Waals surface area contributed by atoms with Crippen LogP contribution in [0.25, 0.3) is 0 Å². The summed E-state index contributed by atoms with van der Waals surface area (Å²) in [5.41, 5.74) is 2.06. The van der Waals surface area contributed by atoms with Crippen LogP contribution in [-0.4, -0.2) is 47.3 Å². The zero-order valence-electron chi connectivity index (χ0n) is 14.0. The van der Waals surface area contributed by atoms with Gasteiger partial charge in [-0.05, 0) is 36.8 Å². The number of likely N-dealkylation sites (N-methyl/N-ethyl adjacent to an activating group) is 1. The van der Waals surface area contributed by atoms with Crippen molar-refractivity contribution >= 4 is 17.4 Å². The molecule has 2 aromatic rings. The molecule has 1 aliphatic rings. The number of hydrogen-bond acceptors (Lipinski definition) is 4. The number of nitrogens with one attached hydrogen (secondary N) is 1. The Bertz CT molecular complexity index is 755. The number of urea groups is 1. The molecule has 0 saturated carbocycles. The minimum absolute atomic E-state index is 0.00973. The second-order valence-electron chi connectivity index (χ2n) is 6.07. The second-order valence-corrected chi connectivity index (χ2v) is 6.07. The molecule has 0 radical (unpaired) electrons. The summed E-state index contributed by atoms with van der Waals surface area (Å²) >= 11 is 0. The number of amides is 2. The van der Waals surface area contributed by atoms with Crippen LogP contribution in [0, 0.1) is 5.82 Å². The first-order valence-corrected chi connectivity index (χ1v) is 8.17. The van der Waals surface area contributed by atoms with Crippen molar-refractivity contribution in [3.8, 4) is 0 Å². The third-order valence-corrected chi connectivity index (χ3v) is 4.44. The number of rotatable bonds is 2. The van der Waals surface area contributed by atoms with Gasteiger partial charge in [-0.3, -0.25) is 4.98 Å². The molecule has 1 aromatic heterocycles. The number of carbonyl (C=O) groups is 1. The maximum atomic E-state index is 13.3. The summed E-state index contributed by atoms with van der Waals surface area (Å²) in [4.78, 5) is 20.6. The zero-order valence-corrected chi connectivity index (χ0v) is 14.0. The van der Waals surface area contributed by atoms with Crippen LogP contribution in [0.3, 0.4) is 0 Å². The van der Waals surface area contributed by atoms with Gasteiger partial charge in [0, 0.05) is 25.5 Å². The van der Waals surface area contributed by atoms with E-state index in [0.717, 1.165) is 11.4 Å². The van der Waals surface area contributed by atoms with Gasteiger partial charge in [0.15, 0.2) is 0 Å². The molecule has 2 heterocycles. The number of pyridine rings is 1. The van der Waals surface area contributed by atoms with Crippen molar-refractivity contribution in [3.05, 3.63) is 54.1 Å². The Hall–Kier alpha value is -2.67. The molecule has 0 aliphatic carbocycles. The fourth-order valence-electron chi connectivity index (χ4n) is 2.98. The number of fused-ring (bicyclic) bond motifs is 1. The quantitative estimate of drug-likeness (QED) is 0.878. The molecule has 132 valence electrons. The van der Waals surface area contributed by atoms with E-state index in [2.05, 4.69) is 10.3 Å². The van der Waals surface area contributed by atoms with E-state index in [1.54, 1.807) is 23.2 Å². The third-order valence-electron chi connectivity index (χ3n) is 4.44. The molecule has 0 saturated heterocycles. The van der Waals surface area contributed by atoms with Crippen LogP contribution in [0.5, 0.6) is 0 Å². The molecular weight excluding hydrogens is 323 g/mol. The summed E-state index contributed by atoms with van der Waals surface area (Å²) in [5.74, 6) is -0.403. The van der Waals surface area contributed by atoms with Gasteiger partial charge in [0.25, 0.3) is 0 Å². The standard InChI is InChI=1S/C18H21FN4O2/c1-22-15(12-24)7-9-23(11-16-17(22)6-3-8-20-16)18(25)21-14-5-2-4-13(19)10-14/h2-6,8,10,15,24H,7,9,11-12H2,1H3,(H,21,25). The van der Waals surface area contributed by atoms with Crippen molar-refractivity contribution in [2.75, 3.05) is 30.4 Å². The van der Waals surface area contributed by atoms with Crippen molar-refractivity contribution in [3.63, 3.8) is 0 Å². The lowest BCUT2D eigenvalue weighted by molar-refractivity contribution is 0.195. The van der Waals surface area contributed by atoms with Gasteiger partial charge in [-0.2, -0.15) is 0 Å². The van der Waals surface area contributed by atoms with E-state index in [-0.39, 0.29) is 18.7 Å². The number of carbonyl (C=O) groups excluding carboxylic acids is 1. The van der Waals surface area contributed by atoms with Crippen LogP contribution in [0.15, 0.2) is 42.6 Å². The highest BCUT2D eigenvalue weighted by molar-refractivity contribution is 5.89. The Morgan fingerprint density at radius 1 is 1.40 bits per heavy atom. The van der Waals surface area contributed by atoms with E-state index >= 15 is 0 Å². The molecule has 2 N–H and O–H groups in total. The predicted molar refractivity (Wildman–Crippen MR) is 94.0 cm³/mol. The Morgan fingerprint density at radius 2 is 2.24 bits per heavy atom. The second kappa shape index (κ2) is 7.48. The van der Waals surface area contributed by atoms with Crippen LogP contribution in [0.4, 0.5) is 20.6 Å². The van der Waals surface area contributed by atoms with Gasteiger partial charge in [0.05, 0.1) is 30.6 Å². The number of aliphatic hydroxyl groups excluding tert-OH is 1. The van der Waals surface area contributed by atoms with E-state index in [0.29, 0.717) is 25.2 Å². The van der Waals surface area contributed by atoms with Crippen molar-refractivity contribution in [2.45, 2.75) is 19.0 Å². The lowest BCUT2D eigenvalue weighted by Crippen LogP contribution is -2.44. The van der Waals surface area contributed by atoms with E-state index in [1.165, 1.54) is 12.1 Å². The van der Waals surface area contributed by atoms with E-state index < -0.39 is 5.82 Å². The number of halogens is 1. The van der Waals surface area contributed by atoms with Gasteiger partial charge in [0.2, 0.25) is 0 Å². The molecule has 6 nitrogen and oxygen atoms in total. The Balaban J connectivity index is 1.82. The SMILES string of the molecule is CN1c2cccnc2CN(C(=O)Nc2cccc(F)c2)CCC1CO. The molecule has 1 aromatic carbocycles. The molecular formula is C18H21FN4O2. The number of nitrogens with zero attached hydrogens (tertiary/aromatic N) is 3. The fourth-order valence-corrected chi connectivity index (χ4v) is 2.98. The molecule has 1 atom stereocenters. The van der Waals surface area contributed by atoms with E-state index in [4.69, 9.17) is 0 Å². The number of benzene rings is 1. The summed E-state index contributed by atoms with van der Waals surface area (Å²) in [6.07, 6.45) is 2.31. The van der Waals surface area contributed by atoms with E-state index in [9.17, 15) is 14.3 Å². The Kier molecular flexibility index (Phi) is 5.14. The average Bonchev–Trinajstić information content (AvgIpc) is 2.60. The smallest absolute Gasteiger partial charge is 0.322 e. The minimum Gasteiger partial charge on any atom is -0.394 e. The first-order chi connectivity index (χ1) is 12.1. The largest absolute Gasteiger partial charge is 0.394 e. The first kappa shape index (κ1) is 17.2. The van der Waals surface area contributed by atoms with Crippen LogP contribution in [0.2, 0.25) is 0 Å². The molecule has 3 rings (SSSR count). The molecule has 0 spiro atoms. The maximum Gasteiger partial charge on any atom is 0.322 e. The first-order valence-electron chi connectivity index (χ1n) is 8.17. The lowest BCUT2D eigenvalue weighted by atomic mass is 10.1. The monoisotopic (exact) mass is 344 g/mol. The fraction of sp³-hybridized carbons (Fsp3) is 0.333. The van der Waals surface area contributed by atoms with Gasteiger partial charge < -0.3 is 20.2 Å². The highest BCUT2D eigenvalue weighted by Gasteiger charge is 2.25. The Labute approximate surface area is 145 Å². The van der Waals surface area contributed by atoms with Crippen LogP contribution in [0.1, 0.15) is 12.1 Å². The number of aliphatic hydroxyl groups is 1. The van der Waals surface area contributed by atoms with E-state index in [1.807, 2.05) is 24.1 Å². The molecule has 0 fully saturated rings. The zero-order chi connectivity index (χ0) is 17.8. The average molecular weight is 344 g/mol. The summed E-state index contributed by atoms with van der Waals surface area (Å²) in [6, 6.07) is 9.14. The summed E-state index contributed by atoms with van der Waals surface area (Å²) in [7, 11) is 1.92. The molecule has 0 bridgehead atoms. The molecule has 7 heteroatoms. The molecule has 1 aliphatic heterocycles. The van der Waals surface area contributed by atoms with Gasteiger partial charge in [-0.25, -0.2) is 9.18 Å². The van der Waals surface area contributed by atoms with Crippen LogP contribution < -0.4 is 10.2 Å². The van der Waals surface area contributed by atoms with Crippen molar-refractivity contribution in [1.82, 2.24) is 9.88 Å². The number of aromatic nitrogens is 1. The molecule has 1 unspecified atom stereocenters. The highest BCUT2D eigenvalue weighted by Crippen LogP contribution is 2.25.